The summed E-state index contributed by atoms with van der Waals surface area (Å²) >= 11 is 3.43. The Morgan fingerprint density at radius 3 is 2.72 bits per heavy atom. The number of amides is 1. The Bertz CT molecular complexity index is 943. The summed E-state index contributed by atoms with van der Waals surface area (Å²) in [5.74, 6) is -0.745. The van der Waals surface area contributed by atoms with E-state index in [2.05, 4.69) is 25.9 Å². The first-order valence-corrected chi connectivity index (χ1v) is 10.3. The SMILES string of the molecule is CCS(=O)(=O)CN1C(=O)CN=C(c2ccccn2)c2cc(Br)ccc21. The van der Waals surface area contributed by atoms with Crippen molar-refractivity contribution >= 4 is 43.1 Å². The van der Waals surface area contributed by atoms with Gasteiger partial charge in [0.15, 0.2) is 9.84 Å². The number of carbonyl (C=O) groups excluding carboxylic acids is 1. The van der Waals surface area contributed by atoms with Gasteiger partial charge >= 0.3 is 0 Å². The lowest BCUT2D eigenvalue weighted by molar-refractivity contribution is -0.117. The second kappa shape index (κ2) is 7.05. The molecule has 0 saturated carbocycles. The molecule has 0 fully saturated rings. The number of aromatic nitrogens is 1. The summed E-state index contributed by atoms with van der Waals surface area (Å²) in [5, 5.41) is 0. The maximum atomic E-state index is 12.6. The molecule has 3 rings (SSSR count). The van der Waals surface area contributed by atoms with Gasteiger partial charge in [0.05, 0.1) is 17.1 Å². The first kappa shape index (κ1) is 17.8. The second-order valence-electron chi connectivity index (χ2n) is 5.52. The third kappa shape index (κ3) is 3.80. The molecule has 0 saturated heterocycles. The van der Waals surface area contributed by atoms with E-state index in [1.165, 1.54) is 4.90 Å². The Hall–Kier alpha value is -2.06. The molecule has 1 aliphatic heterocycles. The summed E-state index contributed by atoms with van der Waals surface area (Å²) in [7, 11) is -3.38. The monoisotopic (exact) mass is 421 g/mol. The van der Waals surface area contributed by atoms with E-state index in [4.69, 9.17) is 0 Å². The lowest BCUT2D eigenvalue weighted by Crippen LogP contribution is -2.37. The zero-order chi connectivity index (χ0) is 18.0. The highest BCUT2D eigenvalue weighted by Crippen LogP contribution is 2.29. The number of pyridine rings is 1. The predicted octanol–water partition coefficient (Wildman–Crippen LogP) is 2.42. The fraction of sp³-hybridized carbons (Fsp3) is 0.235. The van der Waals surface area contributed by atoms with E-state index in [9.17, 15) is 13.2 Å². The van der Waals surface area contributed by atoms with Crippen molar-refractivity contribution in [2.75, 3.05) is 23.1 Å². The number of benzene rings is 1. The Labute approximate surface area is 154 Å². The van der Waals surface area contributed by atoms with Crippen molar-refractivity contribution in [2.24, 2.45) is 4.99 Å². The van der Waals surface area contributed by atoms with Crippen LogP contribution in [0.25, 0.3) is 0 Å². The largest absolute Gasteiger partial charge is 0.295 e. The van der Waals surface area contributed by atoms with Gasteiger partial charge in [0, 0.05) is 22.0 Å². The van der Waals surface area contributed by atoms with Crippen molar-refractivity contribution in [1.29, 1.82) is 0 Å². The Morgan fingerprint density at radius 1 is 1.24 bits per heavy atom. The number of benzodiazepines with no additional fused rings is 1. The number of aliphatic imine (C=N–C) groups is 1. The Morgan fingerprint density at radius 2 is 2.04 bits per heavy atom. The fourth-order valence-electron chi connectivity index (χ4n) is 2.54. The molecule has 130 valence electrons. The summed E-state index contributed by atoms with van der Waals surface area (Å²) < 4.78 is 25.0. The number of carbonyl (C=O) groups is 1. The molecule has 25 heavy (non-hydrogen) atoms. The average molecular weight is 422 g/mol. The van der Waals surface area contributed by atoms with Crippen molar-refractivity contribution in [3.05, 3.63) is 58.3 Å². The molecule has 1 amide bonds. The summed E-state index contributed by atoms with van der Waals surface area (Å²) in [6.07, 6.45) is 1.65. The van der Waals surface area contributed by atoms with Crippen LogP contribution in [0.3, 0.4) is 0 Å². The quantitative estimate of drug-likeness (QED) is 0.758. The van der Waals surface area contributed by atoms with Crippen LogP contribution < -0.4 is 4.90 Å². The highest BCUT2D eigenvalue weighted by atomic mass is 79.9. The third-order valence-corrected chi connectivity index (χ3v) is 5.88. The lowest BCUT2D eigenvalue weighted by atomic mass is 10.0. The molecule has 8 heteroatoms. The van der Waals surface area contributed by atoms with Crippen molar-refractivity contribution in [3.63, 3.8) is 0 Å². The first-order chi connectivity index (χ1) is 11.9. The van der Waals surface area contributed by atoms with Crippen molar-refractivity contribution in [1.82, 2.24) is 4.98 Å². The molecule has 0 aliphatic carbocycles. The van der Waals surface area contributed by atoms with E-state index in [1.807, 2.05) is 18.2 Å². The molecule has 1 aromatic heterocycles. The van der Waals surface area contributed by atoms with Gasteiger partial charge in [-0.15, -0.1) is 0 Å². The molecule has 1 aromatic carbocycles. The van der Waals surface area contributed by atoms with Crippen LogP contribution in [0, 0.1) is 0 Å². The van der Waals surface area contributed by atoms with Gasteiger partial charge in [0.25, 0.3) is 0 Å². The van der Waals surface area contributed by atoms with Crippen molar-refractivity contribution < 1.29 is 13.2 Å². The molecule has 1 aliphatic rings. The van der Waals surface area contributed by atoms with E-state index in [0.29, 0.717) is 22.7 Å². The van der Waals surface area contributed by atoms with E-state index in [1.54, 1.807) is 31.3 Å². The highest BCUT2D eigenvalue weighted by molar-refractivity contribution is 9.10. The molecular weight excluding hydrogens is 406 g/mol. The van der Waals surface area contributed by atoms with Gasteiger partial charge in [-0.3, -0.25) is 19.7 Å². The predicted molar refractivity (Wildman–Crippen MR) is 101 cm³/mol. The molecule has 0 N–H and O–H groups in total. The Kier molecular flexibility index (Phi) is 5.01. The second-order valence-corrected chi connectivity index (χ2v) is 8.76. The minimum absolute atomic E-state index is 0.0312. The van der Waals surface area contributed by atoms with Gasteiger partial charge in [0.2, 0.25) is 5.91 Å². The van der Waals surface area contributed by atoms with E-state index < -0.39 is 9.84 Å². The number of sulfone groups is 1. The van der Waals surface area contributed by atoms with Crippen LogP contribution in [-0.2, 0) is 14.6 Å². The van der Waals surface area contributed by atoms with E-state index in [0.717, 1.165) is 4.47 Å². The number of fused-ring (bicyclic) bond motifs is 1. The molecule has 0 bridgehead atoms. The maximum absolute atomic E-state index is 12.6. The maximum Gasteiger partial charge on any atom is 0.249 e. The number of hydrogen-bond acceptors (Lipinski definition) is 5. The molecule has 6 nitrogen and oxygen atoms in total. The molecule has 2 heterocycles. The molecule has 0 spiro atoms. The van der Waals surface area contributed by atoms with Gasteiger partial charge in [-0.1, -0.05) is 28.9 Å². The van der Waals surface area contributed by atoms with Crippen LogP contribution >= 0.6 is 15.9 Å². The number of anilines is 1. The van der Waals surface area contributed by atoms with Gasteiger partial charge in [-0.05, 0) is 30.3 Å². The summed E-state index contributed by atoms with van der Waals surface area (Å²) in [5.41, 5.74) is 2.40. The summed E-state index contributed by atoms with van der Waals surface area (Å²) in [6, 6.07) is 10.8. The van der Waals surface area contributed by atoms with Crippen molar-refractivity contribution in [2.45, 2.75) is 6.92 Å². The minimum atomic E-state index is -3.38. The van der Waals surface area contributed by atoms with E-state index in [-0.39, 0.29) is 24.1 Å². The van der Waals surface area contributed by atoms with Gasteiger partial charge in [-0.2, -0.15) is 0 Å². The zero-order valence-electron chi connectivity index (χ0n) is 13.5. The smallest absolute Gasteiger partial charge is 0.249 e. The normalized spacial score (nSPS) is 14.7. The van der Waals surface area contributed by atoms with Crippen LogP contribution in [0.2, 0.25) is 0 Å². The number of hydrogen-bond donors (Lipinski definition) is 0. The number of rotatable bonds is 4. The van der Waals surface area contributed by atoms with Crippen LogP contribution in [0.1, 0.15) is 18.2 Å². The molecular formula is C17H16BrN3O3S. The minimum Gasteiger partial charge on any atom is -0.295 e. The topological polar surface area (TPSA) is 79.7 Å². The summed E-state index contributed by atoms with van der Waals surface area (Å²) in [4.78, 5) is 22.6. The van der Waals surface area contributed by atoms with Crippen LogP contribution in [0.15, 0.2) is 52.1 Å². The fourth-order valence-corrected chi connectivity index (χ4v) is 3.76. The zero-order valence-corrected chi connectivity index (χ0v) is 15.9. The van der Waals surface area contributed by atoms with Crippen LogP contribution in [-0.4, -0.2) is 43.2 Å². The molecule has 0 radical (unpaired) electrons. The third-order valence-electron chi connectivity index (χ3n) is 3.85. The van der Waals surface area contributed by atoms with Crippen LogP contribution in [0.5, 0.6) is 0 Å². The number of halogens is 1. The van der Waals surface area contributed by atoms with Crippen LogP contribution in [0.4, 0.5) is 5.69 Å². The summed E-state index contributed by atoms with van der Waals surface area (Å²) in [6.45, 7) is 1.44. The van der Waals surface area contributed by atoms with Gasteiger partial charge in [0.1, 0.15) is 12.4 Å². The average Bonchev–Trinajstić information content (AvgIpc) is 2.73. The van der Waals surface area contributed by atoms with E-state index >= 15 is 0 Å². The van der Waals surface area contributed by atoms with Gasteiger partial charge < -0.3 is 0 Å². The van der Waals surface area contributed by atoms with Gasteiger partial charge in [-0.25, -0.2) is 8.42 Å². The van der Waals surface area contributed by atoms with Crippen molar-refractivity contribution in [3.8, 4) is 0 Å². The first-order valence-electron chi connectivity index (χ1n) is 7.68. The standard InChI is InChI=1S/C17H16BrN3O3S/c1-2-25(23,24)11-21-15-7-6-12(18)9-13(15)17(20-10-16(21)22)14-5-3-4-8-19-14/h3-9H,2,10-11H2,1H3. The lowest BCUT2D eigenvalue weighted by Gasteiger charge is -2.22. The molecule has 0 unspecified atom stereocenters. The Balaban J connectivity index is 2.17. The molecule has 2 aromatic rings. The number of nitrogens with zero attached hydrogens (tertiary/aromatic N) is 3. The molecule has 0 atom stereocenters. The highest BCUT2D eigenvalue weighted by Gasteiger charge is 2.28.